The summed E-state index contributed by atoms with van der Waals surface area (Å²) in [5.74, 6) is 1.39. The average molecular weight is 344 g/mol. The number of hydrogen-bond acceptors (Lipinski definition) is 3. The molecule has 2 atom stereocenters. The predicted molar refractivity (Wildman–Crippen MR) is 96.3 cm³/mol. The van der Waals surface area contributed by atoms with Crippen LogP contribution in [0, 0.1) is 5.92 Å². The summed E-state index contributed by atoms with van der Waals surface area (Å²) in [5, 5.41) is 0. The van der Waals surface area contributed by atoms with Crippen LogP contribution in [0.15, 0.2) is 0 Å². The fraction of sp³-hybridized carbons (Fsp3) is 0.947. The summed E-state index contributed by atoms with van der Waals surface area (Å²) in [6.45, 7) is 2.57. The second-order valence-corrected chi connectivity index (χ2v) is 7.67. The van der Waals surface area contributed by atoms with E-state index in [9.17, 15) is 4.79 Å². The lowest BCUT2D eigenvalue weighted by molar-refractivity contribution is -0.117. The Bertz CT molecular complexity index is 357. The van der Waals surface area contributed by atoms with Crippen LogP contribution in [0.3, 0.4) is 0 Å². The second-order valence-electron chi connectivity index (χ2n) is 7.67. The van der Waals surface area contributed by atoms with E-state index in [1.165, 1.54) is 70.6 Å². The molecule has 1 heterocycles. The molecule has 3 rings (SSSR count). The number of likely N-dealkylation sites (tertiary alicyclic amines) is 1. The lowest BCUT2D eigenvalue weighted by Gasteiger charge is -2.37. The zero-order valence-corrected chi connectivity index (χ0v) is 15.3. The summed E-state index contributed by atoms with van der Waals surface area (Å²) in [6.07, 6.45) is 16.0. The van der Waals surface area contributed by atoms with Crippen LogP contribution in [0.1, 0.15) is 77.0 Å². The molecule has 2 saturated carbocycles. The van der Waals surface area contributed by atoms with Gasteiger partial charge < -0.3 is 4.74 Å². The molecule has 134 valence electrons. The van der Waals surface area contributed by atoms with E-state index < -0.39 is 0 Å². The summed E-state index contributed by atoms with van der Waals surface area (Å²) in [6, 6.07) is 0.509. The predicted octanol–water partition coefficient (Wildman–Crippen LogP) is 4.37. The Labute approximate surface area is 147 Å². The molecule has 0 spiro atoms. The topological polar surface area (TPSA) is 29.5 Å². The Balaban J connectivity index is 0.00000192. The van der Waals surface area contributed by atoms with Crippen LogP contribution >= 0.6 is 12.4 Å². The highest BCUT2D eigenvalue weighted by Gasteiger charge is 2.34. The molecule has 23 heavy (non-hydrogen) atoms. The number of nitrogens with zero attached hydrogens (tertiary/aromatic N) is 1. The van der Waals surface area contributed by atoms with Gasteiger partial charge in [0.2, 0.25) is 0 Å². The molecule has 0 aromatic heterocycles. The van der Waals surface area contributed by atoms with E-state index in [0.29, 0.717) is 24.5 Å². The van der Waals surface area contributed by atoms with E-state index in [0.717, 1.165) is 25.5 Å². The molecule has 1 aliphatic heterocycles. The first-order valence-corrected chi connectivity index (χ1v) is 9.70. The van der Waals surface area contributed by atoms with E-state index in [4.69, 9.17) is 4.74 Å². The molecule has 3 fully saturated rings. The van der Waals surface area contributed by atoms with Crippen molar-refractivity contribution in [2.45, 2.75) is 89.2 Å². The van der Waals surface area contributed by atoms with E-state index >= 15 is 0 Å². The molecule has 0 unspecified atom stereocenters. The molecular formula is C19H34ClNO2. The molecule has 3 nitrogen and oxygen atoms in total. The van der Waals surface area contributed by atoms with Crippen LogP contribution in [0.4, 0.5) is 0 Å². The lowest BCUT2D eigenvalue weighted by Crippen LogP contribution is -2.45. The number of ether oxygens (including phenoxy) is 1. The summed E-state index contributed by atoms with van der Waals surface area (Å²) in [7, 11) is 0. The Kier molecular flexibility index (Phi) is 8.35. The number of hydrogen-bond donors (Lipinski definition) is 0. The molecule has 0 radical (unpaired) electrons. The summed E-state index contributed by atoms with van der Waals surface area (Å²) in [4.78, 5) is 14.0. The van der Waals surface area contributed by atoms with Gasteiger partial charge in [-0.3, -0.25) is 9.69 Å². The second kappa shape index (κ2) is 10.0. The largest absolute Gasteiger partial charge is 0.377 e. The quantitative estimate of drug-likeness (QED) is 0.670. The highest BCUT2D eigenvalue weighted by Crippen LogP contribution is 2.29. The van der Waals surface area contributed by atoms with Crippen molar-refractivity contribution in [2.24, 2.45) is 5.92 Å². The minimum Gasteiger partial charge on any atom is -0.377 e. The van der Waals surface area contributed by atoms with Crippen LogP contribution < -0.4 is 0 Å². The number of ketones is 1. The van der Waals surface area contributed by atoms with Gasteiger partial charge >= 0.3 is 0 Å². The summed E-state index contributed by atoms with van der Waals surface area (Å²) < 4.78 is 6.28. The van der Waals surface area contributed by atoms with Crippen molar-refractivity contribution >= 4 is 18.2 Å². The van der Waals surface area contributed by atoms with Gasteiger partial charge in [0.25, 0.3) is 0 Å². The zero-order chi connectivity index (χ0) is 15.2. The first kappa shape index (κ1) is 19.2. The zero-order valence-electron chi connectivity index (χ0n) is 14.5. The van der Waals surface area contributed by atoms with Crippen LogP contribution in [-0.4, -0.2) is 42.5 Å². The van der Waals surface area contributed by atoms with Gasteiger partial charge in [0.05, 0.1) is 12.6 Å². The van der Waals surface area contributed by atoms with Crippen LogP contribution in [0.25, 0.3) is 0 Å². The van der Waals surface area contributed by atoms with Gasteiger partial charge in [-0.1, -0.05) is 44.9 Å². The number of carbonyl (C=O) groups is 1. The van der Waals surface area contributed by atoms with Gasteiger partial charge in [0.1, 0.15) is 5.78 Å². The van der Waals surface area contributed by atoms with Crippen molar-refractivity contribution < 1.29 is 9.53 Å². The highest BCUT2D eigenvalue weighted by atomic mass is 35.5. The van der Waals surface area contributed by atoms with Crippen LogP contribution in [0.2, 0.25) is 0 Å². The third kappa shape index (κ3) is 5.72. The van der Waals surface area contributed by atoms with Crippen molar-refractivity contribution in [3.8, 4) is 0 Å². The third-order valence-electron chi connectivity index (χ3n) is 6.01. The normalized spacial score (nSPS) is 30.3. The molecule has 0 bridgehead atoms. The Morgan fingerprint density at radius 1 is 1.00 bits per heavy atom. The van der Waals surface area contributed by atoms with Gasteiger partial charge in [-0.15, -0.1) is 12.4 Å². The molecule has 0 amide bonds. The van der Waals surface area contributed by atoms with E-state index in [-0.39, 0.29) is 12.4 Å². The number of Topliss-reactive ketones (excluding diaryl/α,β-unsaturated/α-hetero) is 1. The van der Waals surface area contributed by atoms with E-state index in [1.54, 1.807) is 0 Å². The fourth-order valence-electron chi connectivity index (χ4n) is 4.71. The minimum absolute atomic E-state index is 0. The fourth-order valence-corrected chi connectivity index (χ4v) is 4.71. The van der Waals surface area contributed by atoms with Crippen molar-refractivity contribution in [3.05, 3.63) is 0 Å². The van der Waals surface area contributed by atoms with Gasteiger partial charge in [-0.25, -0.2) is 0 Å². The Morgan fingerprint density at radius 3 is 2.48 bits per heavy atom. The van der Waals surface area contributed by atoms with Crippen molar-refractivity contribution in [2.75, 3.05) is 19.7 Å². The number of halogens is 1. The molecule has 0 aromatic rings. The minimum atomic E-state index is 0. The average Bonchev–Trinajstić information content (AvgIpc) is 2.99. The molecule has 0 aromatic carbocycles. The van der Waals surface area contributed by atoms with Crippen LogP contribution in [0.5, 0.6) is 0 Å². The lowest BCUT2D eigenvalue weighted by atomic mass is 9.86. The smallest absolute Gasteiger partial charge is 0.148 e. The SMILES string of the molecule is Cl.O=C1CCN([C@H]2CCCC[C@@H]2OCCCC2CCCCC2)C1. The molecule has 3 aliphatic rings. The first-order valence-electron chi connectivity index (χ1n) is 9.70. The molecular weight excluding hydrogens is 310 g/mol. The number of carbonyl (C=O) groups excluding carboxylic acids is 1. The molecule has 2 aliphatic carbocycles. The first-order chi connectivity index (χ1) is 10.8. The standard InChI is InChI=1S/C19H33NO2.ClH/c21-17-12-13-20(15-17)18-10-4-5-11-19(18)22-14-6-9-16-7-2-1-3-8-16;/h16,18-19H,1-15H2;1H/t18-,19-;/m0./s1. The van der Waals surface area contributed by atoms with Gasteiger partial charge in [-0.2, -0.15) is 0 Å². The Morgan fingerprint density at radius 2 is 1.74 bits per heavy atom. The van der Waals surface area contributed by atoms with Gasteiger partial charge in [-0.05, 0) is 31.6 Å². The molecule has 4 heteroatoms. The third-order valence-corrected chi connectivity index (χ3v) is 6.01. The maximum atomic E-state index is 11.6. The van der Waals surface area contributed by atoms with Crippen molar-refractivity contribution in [1.29, 1.82) is 0 Å². The maximum absolute atomic E-state index is 11.6. The maximum Gasteiger partial charge on any atom is 0.148 e. The van der Waals surface area contributed by atoms with Gasteiger partial charge in [0, 0.05) is 25.6 Å². The van der Waals surface area contributed by atoms with E-state index in [2.05, 4.69) is 4.90 Å². The van der Waals surface area contributed by atoms with E-state index in [1.807, 2.05) is 0 Å². The number of rotatable bonds is 6. The Hall–Kier alpha value is -0.120. The van der Waals surface area contributed by atoms with Crippen LogP contribution in [-0.2, 0) is 9.53 Å². The summed E-state index contributed by atoms with van der Waals surface area (Å²) in [5.41, 5.74) is 0. The van der Waals surface area contributed by atoms with Crippen molar-refractivity contribution in [3.63, 3.8) is 0 Å². The van der Waals surface area contributed by atoms with Crippen molar-refractivity contribution in [1.82, 2.24) is 4.90 Å². The monoisotopic (exact) mass is 343 g/mol. The molecule has 1 saturated heterocycles. The van der Waals surface area contributed by atoms with Gasteiger partial charge in [0.15, 0.2) is 0 Å². The highest BCUT2D eigenvalue weighted by molar-refractivity contribution is 5.85. The summed E-state index contributed by atoms with van der Waals surface area (Å²) >= 11 is 0. The molecule has 0 N–H and O–H groups in total.